The van der Waals surface area contributed by atoms with Gasteiger partial charge in [0.25, 0.3) is 5.91 Å². The van der Waals surface area contributed by atoms with E-state index in [0.29, 0.717) is 41.3 Å². The predicted octanol–water partition coefficient (Wildman–Crippen LogP) is 4.88. The van der Waals surface area contributed by atoms with Crippen molar-refractivity contribution in [2.75, 3.05) is 11.9 Å². The molecule has 0 saturated carbocycles. The Labute approximate surface area is 173 Å². The Hall–Kier alpha value is -3.35. The molecule has 1 aliphatic heterocycles. The first-order valence-electron chi connectivity index (χ1n) is 9.84. The third kappa shape index (κ3) is 3.51. The maximum atomic E-state index is 14.8. The summed E-state index contributed by atoms with van der Waals surface area (Å²) in [6.45, 7) is 6.53. The highest BCUT2D eigenvalue weighted by Crippen LogP contribution is 2.31. The molecule has 30 heavy (non-hydrogen) atoms. The minimum Gasteiger partial charge on any atom is -0.363 e. The van der Waals surface area contributed by atoms with E-state index in [1.165, 1.54) is 18.5 Å². The third-order valence-corrected chi connectivity index (χ3v) is 5.48. The topological polar surface area (TPSA) is 58.1 Å². The number of benzene rings is 2. The zero-order valence-corrected chi connectivity index (χ0v) is 17.0. The molecule has 0 saturated heterocycles. The van der Waals surface area contributed by atoms with Gasteiger partial charge in [0.05, 0.1) is 12.6 Å². The number of rotatable bonds is 5. The number of halogens is 2. The smallest absolute Gasteiger partial charge is 0.273 e. The van der Waals surface area contributed by atoms with E-state index in [0.717, 1.165) is 11.1 Å². The summed E-state index contributed by atoms with van der Waals surface area (Å²) >= 11 is 0. The van der Waals surface area contributed by atoms with Crippen LogP contribution in [0.1, 0.15) is 47.1 Å². The number of aryl methyl sites for hydroxylation is 1. The maximum absolute atomic E-state index is 14.8. The molecule has 3 aromatic rings. The first kappa shape index (κ1) is 19.9. The molecule has 4 rings (SSSR count). The van der Waals surface area contributed by atoms with Crippen LogP contribution in [0, 0.1) is 18.6 Å². The molecule has 0 radical (unpaired) electrons. The average molecular weight is 408 g/mol. The lowest BCUT2D eigenvalue weighted by atomic mass is 9.99. The molecule has 0 spiro atoms. The fourth-order valence-electron chi connectivity index (χ4n) is 3.67. The molecule has 1 amide bonds. The van der Waals surface area contributed by atoms with Crippen molar-refractivity contribution in [2.45, 2.75) is 33.4 Å². The quantitative estimate of drug-likeness (QED) is 0.654. The van der Waals surface area contributed by atoms with Crippen LogP contribution in [0.25, 0.3) is 11.1 Å². The average Bonchev–Trinajstić information content (AvgIpc) is 3.07. The molecule has 1 aliphatic rings. The highest BCUT2D eigenvalue weighted by Gasteiger charge is 2.30. The van der Waals surface area contributed by atoms with Crippen molar-refractivity contribution in [1.29, 1.82) is 0 Å². The zero-order chi connectivity index (χ0) is 21.4. The van der Waals surface area contributed by atoms with Gasteiger partial charge in [-0.3, -0.25) is 4.79 Å². The van der Waals surface area contributed by atoms with Gasteiger partial charge in [0.15, 0.2) is 0 Å². The van der Waals surface area contributed by atoms with Gasteiger partial charge < -0.3 is 10.2 Å². The first-order chi connectivity index (χ1) is 14.4. The summed E-state index contributed by atoms with van der Waals surface area (Å²) in [6.07, 6.45) is 1.37. The van der Waals surface area contributed by atoms with Crippen LogP contribution in [0.3, 0.4) is 0 Å². The van der Waals surface area contributed by atoms with Crippen molar-refractivity contribution in [1.82, 2.24) is 14.9 Å². The zero-order valence-electron chi connectivity index (χ0n) is 17.0. The van der Waals surface area contributed by atoms with Crippen molar-refractivity contribution in [3.63, 3.8) is 0 Å². The lowest BCUT2D eigenvalue weighted by Crippen LogP contribution is -2.23. The number of fused-ring (bicyclic) bond motifs is 1. The van der Waals surface area contributed by atoms with Crippen LogP contribution in [0.4, 0.5) is 14.6 Å². The fraction of sp³-hybridized carbons (Fsp3) is 0.261. The number of nitrogens with one attached hydrogen (secondary N) is 1. The van der Waals surface area contributed by atoms with Gasteiger partial charge >= 0.3 is 0 Å². The number of nitrogens with zero attached hydrogens (tertiary/aromatic N) is 3. The Balaban J connectivity index is 1.58. The minimum atomic E-state index is -0.382. The van der Waals surface area contributed by atoms with Gasteiger partial charge in [-0.25, -0.2) is 18.7 Å². The molecule has 2 aromatic carbocycles. The van der Waals surface area contributed by atoms with Crippen molar-refractivity contribution in [2.24, 2.45) is 0 Å². The lowest BCUT2D eigenvalue weighted by Gasteiger charge is -2.18. The van der Waals surface area contributed by atoms with Crippen molar-refractivity contribution in [3.8, 4) is 11.1 Å². The summed E-state index contributed by atoms with van der Waals surface area (Å²) < 4.78 is 28.4. The summed E-state index contributed by atoms with van der Waals surface area (Å²) in [5.41, 5.74) is 3.43. The summed E-state index contributed by atoms with van der Waals surface area (Å²) in [5.74, 6) is -0.218. The number of anilines is 1. The van der Waals surface area contributed by atoms with Crippen LogP contribution in [0.5, 0.6) is 0 Å². The largest absolute Gasteiger partial charge is 0.363 e. The van der Waals surface area contributed by atoms with E-state index in [2.05, 4.69) is 15.3 Å². The van der Waals surface area contributed by atoms with Crippen LogP contribution >= 0.6 is 0 Å². The Bertz CT molecular complexity index is 1130. The molecule has 0 bridgehead atoms. The summed E-state index contributed by atoms with van der Waals surface area (Å²) in [4.78, 5) is 22.5. The number of aromatic nitrogens is 2. The van der Waals surface area contributed by atoms with E-state index < -0.39 is 0 Å². The molecular weight excluding hydrogens is 386 g/mol. The molecule has 0 aliphatic carbocycles. The van der Waals surface area contributed by atoms with E-state index in [9.17, 15) is 13.6 Å². The molecule has 1 N–H and O–H groups in total. The molecular formula is C23H22F2N4O. The number of amides is 1. The SMILES string of the molecule is CCN1Cc2c(NC(C)c3ccc(-c4ccc(F)c(C)c4)c(F)c3)ncnc2C1=O. The minimum absolute atomic E-state index is 0.101. The Morgan fingerprint density at radius 3 is 2.63 bits per heavy atom. The van der Waals surface area contributed by atoms with Crippen LogP contribution in [-0.2, 0) is 6.54 Å². The van der Waals surface area contributed by atoms with Gasteiger partial charge in [0.1, 0.15) is 29.5 Å². The summed E-state index contributed by atoms with van der Waals surface area (Å²) in [6, 6.07) is 9.31. The summed E-state index contributed by atoms with van der Waals surface area (Å²) in [7, 11) is 0. The van der Waals surface area contributed by atoms with Gasteiger partial charge in [-0.15, -0.1) is 0 Å². The molecule has 7 heteroatoms. The molecule has 1 unspecified atom stereocenters. The highest BCUT2D eigenvalue weighted by atomic mass is 19.1. The standard InChI is InChI=1S/C23H22F2N4O/c1-4-29-11-18-21(23(29)30)26-12-27-22(18)28-14(3)15-5-7-17(20(25)10-15)16-6-8-19(24)13(2)9-16/h5-10,12,14H,4,11H2,1-3H3,(H,26,27,28). The van der Waals surface area contributed by atoms with Crippen molar-refractivity contribution in [3.05, 3.63) is 76.7 Å². The van der Waals surface area contributed by atoms with Gasteiger partial charge in [0.2, 0.25) is 0 Å². The molecule has 1 aromatic heterocycles. The van der Waals surface area contributed by atoms with Crippen LogP contribution in [-0.4, -0.2) is 27.3 Å². The Morgan fingerprint density at radius 2 is 1.93 bits per heavy atom. The number of carbonyl (C=O) groups excluding carboxylic acids is 1. The van der Waals surface area contributed by atoms with Gasteiger partial charge in [0, 0.05) is 17.7 Å². The normalized spacial score (nSPS) is 14.0. The van der Waals surface area contributed by atoms with Crippen molar-refractivity contribution < 1.29 is 13.6 Å². The van der Waals surface area contributed by atoms with Gasteiger partial charge in [-0.1, -0.05) is 18.2 Å². The second-order valence-electron chi connectivity index (χ2n) is 7.44. The monoisotopic (exact) mass is 408 g/mol. The maximum Gasteiger partial charge on any atom is 0.273 e. The summed E-state index contributed by atoms with van der Waals surface area (Å²) in [5, 5.41) is 3.28. The van der Waals surface area contributed by atoms with Crippen molar-refractivity contribution >= 4 is 11.7 Å². The molecule has 0 fully saturated rings. The molecule has 2 heterocycles. The number of hydrogen-bond donors (Lipinski definition) is 1. The number of carbonyl (C=O) groups is 1. The van der Waals surface area contributed by atoms with Crippen LogP contribution in [0.15, 0.2) is 42.7 Å². The Kier molecular flexibility index (Phi) is 5.20. The first-order valence-corrected chi connectivity index (χ1v) is 9.84. The fourth-order valence-corrected chi connectivity index (χ4v) is 3.67. The Morgan fingerprint density at radius 1 is 1.13 bits per heavy atom. The van der Waals surface area contributed by atoms with Crippen LogP contribution < -0.4 is 5.32 Å². The van der Waals surface area contributed by atoms with E-state index in [1.807, 2.05) is 19.9 Å². The van der Waals surface area contributed by atoms with Gasteiger partial charge in [-0.05, 0) is 55.7 Å². The van der Waals surface area contributed by atoms with E-state index in [-0.39, 0.29) is 23.6 Å². The van der Waals surface area contributed by atoms with Crippen LogP contribution in [0.2, 0.25) is 0 Å². The molecule has 154 valence electrons. The lowest BCUT2D eigenvalue weighted by molar-refractivity contribution is 0.0783. The molecule has 5 nitrogen and oxygen atoms in total. The van der Waals surface area contributed by atoms with Gasteiger partial charge in [-0.2, -0.15) is 0 Å². The number of hydrogen-bond acceptors (Lipinski definition) is 4. The van der Waals surface area contributed by atoms with E-state index >= 15 is 0 Å². The predicted molar refractivity (Wildman–Crippen MR) is 111 cm³/mol. The molecule has 1 atom stereocenters. The van der Waals surface area contributed by atoms with E-state index in [1.54, 1.807) is 30.0 Å². The second-order valence-corrected chi connectivity index (χ2v) is 7.44. The second kappa shape index (κ2) is 7.82. The van der Waals surface area contributed by atoms with E-state index in [4.69, 9.17) is 0 Å². The third-order valence-electron chi connectivity index (χ3n) is 5.48. The highest BCUT2D eigenvalue weighted by molar-refractivity contribution is 5.97.